The molecule has 2 heterocycles. The molecule has 2 aromatic carbocycles. The highest BCUT2D eigenvalue weighted by Gasteiger charge is 2.39. The van der Waals surface area contributed by atoms with Gasteiger partial charge in [-0.3, -0.25) is 19.8 Å². The number of carboxylic acids is 2. The number of fused-ring (bicyclic) bond motifs is 1. The van der Waals surface area contributed by atoms with Gasteiger partial charge in [0.1, 0.15) is 12.4 Å². The van der Waals surface area contributed by atoms with Crippen LogP contribution in [-0.2, 0) is 21.0 Å². The minimum Gasteiger partial charge on any atom is -0.489 e. The summed E-state index contributed by atoms with van der Waals surface area (Å²) in [6.07, 6.45) is -9.63. The average Bonchev–Trinajstić information content (AvgIpc) is 2.99. The number of pyridine rings is 1. The van der Waals surface area contributed by atoms with Gasteiger partial charge in [0.25, 0.3) is 5.91 Å². The number of hydrogen-bond donors (Lipinski definition) is 6. The number of aromatic nitrogens is 1. The van der Waals surface area contributed by atoms with E-state index in [0.29, 0.717) is 37.4 Å². The Morgan fingerprint density at radius 2 is 1.52 bits per heavy atom. The molecule has 1 aliphatic rings. The number of benzene rings is 2. The molecule has 0 aliphatic carbocycles. The van der Waals surface area contributed by atoms with Gasteiger partial charge in [-0.25, -0.2) is 15.1 Å². The Kier molecular flexibility index (Phi) is 13.2. The lowest BCUT2D eigenvalue weighted by molar-refractivity contribution is -0.193. The van der Waals surface area contributed by atoms with E-state index in [1.807, 2.05) is 37.3 Å². The van der Waals surface area contributed by atoms with Gasteiger partial charge in [0.15, 0.2) is 0 Å². The van der Waals surface area contributed by atoms with E-state index in [1.54, 1.807) is 29.7 Å². The molecule has 4 rings (SSSR count). The Bertz CT molecular complexity index is 1490. The molecule has 250 valence electrons. The number of aliphatic carboxylic acids is 2. The second-order valence-electron chi connectivity index (χ2n) is 9.51. The molecule has 0 radical (unpaired) electrons. The van der Waals surface area contributed by atoms with Crippen molar-refractivity contribution in [3.63, 3.8) is 0 Å². The van der Waals surface area contributed by atoms with Crippen LogP contribution in [0.3, 0.4) is 0 Å². The summed E-state index contributed by atoms with van der Waals surface area (Å²) in [6, 6.07) is 16.5. The zero-order valence-corrected chi connectivity index (χ0v) is 23.8. The van der Waals surface area contributed by atoms with Crippen molar-refractivity contribution in [1.29, 1.82) is 0 Å². The summed E-state index contributed by atoms with van der Waals surface area (Å²) in [6.45, 7) is 3.47. The number of para-hydroxylation sites is 1. The van der Waals surface area contributed by atoms with E-state index >= 15 is 0 Å². The van der Waals surface area contributed by atoms with Crippen LogP contribution in [0.1, 0.15) is 28.0 Å². The normalized spacial score (nSPS) is 16.1. The second-order valence-corrected chi connectivity index (χ2v) is 9.51. The van der Waals surface area contributed by atoms with Crippen LogP contribution in [0.4, 0.5) is 26.3 Å². The van der Waals surface area contributed by atoms with E-state index in [-0.39, 0.29) is 5.91 Å². The second kappa shape index (κ2) is 16.4. The van der Waals surface area contributed by atoms with Crippen LogP contribution in [0.15, 0.2) is 54.6 Å². The molecule has 2 amide bonds. The minimum absolute atomic E-state index is 0.281. The summed E-state index contributed by atoms with van der Waals surface area (Å²) in [5, 5.41) is 30.3. The van der Waals surface area contributed by atoms with Crippen LogP contribution >= 0.6 is 0 Å². The number of rotatable bonds is 6. The van der Waals surface area contributed by atoms with Crippen molar-refractivity contribution in [2.75, 3.05) is 13.1 Å². The molecule has 46 heavy (non-hydrogen) atoms. The van der Waals surface area contributed by atoms with Crippen molar-refractivity contribution in [1.82, 2.24) is 21.1 Å². The number of hydrogen-bond acceptors (Lipinski definition) is 8. The lowest BCUT2D eigenvalue weighted by Crippen LogP contribution is -2.55. The molecular weight excluding hydrogens is 634 g/mol. The number of piperidine rings is 1. The van der Waals surface area contributed by atoms with Crippen molar-refractivity contribution in [2.45, 2.75) is 38.3 Å². The third-order valence-electron chi connectivity index (χ3n) is 6.17. The summed E-state index contributed by atoms with van der Waals surface area (Å²) >= 11 is 0. The molecule has 6 N–H and O–H groups in total. The summed E-state index contributed by atoms with van der Waals surface area (Å²) in [7, 11) is 0. The van der Waals surface area contributed by atoms with E-state index in [9.17, 15) is 35.9 Å². The van der Waals surface area contributed by atoms with Crippen molar-refractivity contribution in [3.05, 3.63) is 71.4 Å². The highest BCUT2D eigenvalue weighted by molar-refractivity contribution is 5.95. The third kappa shape index (κ3) is 11.5. The third-order valence-corrected chi connectivity index (χ3v) is 6.17. The maximum atomic E-state index is 12.7. The van der Waals surface area contributed by atoms with Crippen molar-refractivity contribution < 1.29 is 65.7 Å². The van der Waals surface area contributed by atoms with Crippen LogP contribution in [0.25, 0.3) is 10.9 Å². The number of hydroxylamine groups is 1. The molecule has 1 aliphatic heterocycles. The first kappa shape index (κ1) is 37.2. The smallest absolute Gasteiger partial charge is 0.489 e. The summed E-state index contributed by atoms with van der Waals surface area (Å²) in [5.74, 6) is -6.11. The Labute approximate surface area is 256 Å². The number of aryl methyl sites for hydroxylation is 1. The van der Waals surface area contributed by atoms with Crippen molar-refractivity contribution >= 4 is 34.7 Å². The average molecular weight is 663 g/mol. The summed E-state index contributed by atoms with van der Waals surface area (Å²) in [4.78, 5) is 46.9. The molecule has 0 spiro atoms. The molecule has 2 atom stereocenters. The Hall–Kier alpha value is -4.97. The zero-order valence-electron chi connectivity index (χ0n) is 23.8. The molecule has 1 saturated heterocycles. The number of nitrogens with zero attached hydrogens (tertiary/aromatic N) is 1. The predicted octanol–water partition coefficient (Wildman–Crippen LogP) is 3.60. The predicted molar refractivity (Wildman–Crippen MR) is 147 cm³/mol. The Morgan fingerprint density at radius 1 is 0.957 bits per heavy atom. The maximum absolute atomic E-state index is 12.7. The molecule has 0 bridgehead atoms. The molecule has 18 heteroatoms. The van der Waals surface area contributed by atoms with Gasteiger partial charge in [0.2, 0.25) is 5.91 Å². The summed E-state index contributed by atoms with van der Waals surface area (Å²) < 4.78 is 69.4. The number of carbonyl (C=O) groups is 4. The van der Waals surface area contributed by atoms with Gasteiger partial charge in [-0.15, -0.1) is 0 Å². The number of carboxylic acid groups (broad SMARTS) is 2. The Morgan fingerprint density at radius 3 is 2.07 bits per heavy atom. The quantitative estimate of drug-likeness (QED) is 0.129. The molecule has 1 aromatic heterocycles. The van der Waals surface area contributed by atoms with Crippen LogP contribution in [0.2, 0.25) is 0 Å². The fourth-order valence-corrected chi connectivity index (χ4v) is 4.04. The van der Waals surface area contributed by atoms with Gasteiger partial charge < -0.3 is 25.6 Å². The van der Waals surface area contributed by atoms with Gasteiger partial charge in [-0.1, -0.05) is 18.2 Å². The first-order valence-electron chi connectivity index (χ1n) is 13.1. The van der Waals surface area contributed by atoms with E-state index in [0.717, 1.165) is 22.2 Å². The number of ether oxygens (including phenoxy) is 1. The highest BCUT2D eigenvalue weighted by atomic mass is 19.4. The topological polar surface area (TPSA) is 187 Å². The standard InChI is InChI=1S/C24H26N4O4.2C2HF3O2/c1-15-12-17(19-4-2-3-5-21(19)26-15)14-32-18-8-6-16(7-9-18)23(29)27-22-13-25-11-10-20(22)24(30)28-31;2*3-2(4,5)1(6)7/h2-9,12,20,22,25,31H,10-11,13-14H2,1H3,(H,27,29)(H,28,30);2*(H,6,7)/t20-,22-;;/m0../s1. The molecule has 0 unspecified atom stereocenters. The van der Waals surface area contributed by atoms with Gasteiger partial charge in [-0.2, -0.15) is 26.3 Å². The fraction of sp³-hybridized carbons (Fsp3) is 0.321. The van der Waals surface area contributed by atoms with E-state index < -0.39 is 42.2 Å². The molecule has 0 saturated carbocycles. The van der Waals surface area contributed by atoms with Crippen molar-refractivity contribution in [3.8, 4) is 5.75 Å². The lowest BCUT2D eigenvalue weighted by Gasteiger charge is -2.31. The van der Waals surface area contributed by atoms with E-state index in [2.05, 4.69) is 15.6 Å². The Balaban J connectivity index is 0.000000440. The number of nitrogens with one attached hydrogen (secondary N) is 3. The van der Waals surface area contributed by atoms with Crippen LogP contribution in [0.5, 0.6) is 5.75 Å². The minimum atomic E-state index is -5.08. The molecular formula is C28H28F6N4O8. The fourth-order valence-electron chi connectivity index (χ4n) is 4.04. The first-order valence-corrected chi connectivity index (χ1v) is 13.1. The number of halogens is 6. The van der Waals surface area contributed by atoms with Crippen LogP contribution in [-0.4, -0.2) is 75.6 Å². The lowest BCUT2D eigenvalue weighted by atomic mass is 9.91. The van der Waals surface area contributed by atoms with E-state index in [4.69, 9.17) is 29.7 Å². The SMILES string of the molecule is Cc1cc(COc2ccc(C(=O)N[C@H]3CNCC[C@@H]3C(=O)NO)cc2)c2ccccc2n1.O=C(O)C(F)(F)F.O=C(O)C(F)(F)F. The number of amides is 2. The maximum Gasteiger partial charge on any atom is 0.490 e. The van der Waals surface area contributed by atoms with Crippen LogP contribution < -0.4 is 20.9 Å². The van der Waals surface area contributed by atoms with Crippen molar-refractivity contribution in [2.24, 2.45) is 5.92 Å². The molecule has 3 aromatic rings. The zero-order chi connectivity index (χ0) is 34.7. The highest BCUT2D eigenvalue weighted by Crippen LogP contribution is 2.21. The summed E-state index contributed by atoms with van der Waals surface area (Å²) in [5.41, 5.74) is 5.07. The molecule has 1 fully saturated rings. The van der Waals surface area contributed by atoms with Gasteiger partial charge >= 0.3 is 24.3 Å². The number of carbonyl (C=O) groups excluding carboxylic acids is 2. The van der Waals surface area contributed by atoms with Gasteiger partial charge in [0, 0.05) is 28.8 Å². The number of alkyl halides is 6. The van der Waals surface area contributed by atoms with Crippen LogP contribution in [0, 0.1) is 12.8 Å². The molecule has 12 nitrogen and oxygen atoms in total. The first-order chi connectivity index (χ1) is 21.4. The van der Waals surface area contributed by atoms with E-state index in [1.165, 1.54) is 0 Å². The van der Waals surface area contributed by atoms with Gasteiger partial charge in [-0.05, 0) is 56.3 Å². The largest absolute Gasteiger partial charge is 0.490 e. The van der Waals surface area contributed by atoms with Gasteiger partial charge in [0.05, 0.1) is 17.5 Å². The monoisotopic (exact) mass is 662 g/mol.